The number of nitrogens with zero attached hydrogens (tertiary/aromatic N) is 4. The number of ether oxygens (including phenoxy) is 3. The Hall–Kier alpha value is -6.69. The van der Waals surface area contributed by atoms with Crippen LogP contribution >= 0.6 is 31.9 Å². The second kappa shape index (κ2) is 32.2. The second-order valence-electron chi connectivity index (χ2n) is 24.2. The van der Waals surface area contributed by atoms with Gasteiger partial charge >= 0.3 is 7.12 Å². The third-order valence-corrected chi connectivity index (χ3v) is 18.0. The first kappa shape index (κ1) is 68.7. The van der Waals surface area contributed by atoms with Gasteiger partial charge in [0.2, 0.25) is 0 Å². The number of rotatable bonds is 24. The molecule has 1 aliphatic heterocycles. The highest BCUT2D eigenvalue weighted by Crippen LogP contribution is 2.39. The Kier molecular flexibility index (Phi) is 24.3. The van der Waals surface area contributed by atoms with Gasteiger partial charge in [-0.1, -0.05) is 188 Å². The van der Waals surface area contributed by atoms with Crippen LogP contribution in [-0.2, 0) is 57.4 Å². The fraction of sp³-hybridized carbons (Fsp3) is 0.342. The molecule has 0 radical (unpaired) electrons. The Bertz CT molecular complexity index is 3850. The Morgan fingerprint density at radius 3 is 1.13 bits per heavy atom. The number of hydrogen-bond donors (Lipinski definition) is 0. The molecule has 0 aliphatic carbocycles. The van der Waals surface area contributed by atoms with Crippen molar-refractivity contribution < 1.29 is 36.7 Å². The van der Waals surface area contributed by atoms with Crippen LogP contribution in [0.4, 0.5) is 13.2 Å². The average molecular weight is 1360 g/mol. The van der Waals surface area contributed by atoms with Gasteiger partial charge in [0.25, 0.3) is 0 Å². The van der Waals surface area contributed by atoms with Gasteiger partial charge in [0.05, 0.1) is 42.1 Å². The Labute approximate surface area is 553 Å². The lowest BCUT2D eigenvalue weighted by molar-refractivity contribution is 0.00578. The molecule has 1 saturated heterocycles. The van der Waals surface area contributed by atoms with Crippen LogP contribution in [0.25, 0.3) is 77.7 Å². The summed E-state index contributed by atoms with van der Waals surface area (Å²) in [5, 5.41) is 11.0. The van der Waals surface area contributed by atoms with Crippen molar-refractivity contribution in [3.05, 3.63) is 207 Å². The van der Waals surface area contributed by atoms with E-state index in [9.17, 15) is 0 Å². The summed E-state index contributed by atoms with van der Waals surface area (Å²) < 4.78 is 80.6. The Balaban J connectivity index is 0.000000162. The van der Waals surface area contributed by atoms with Crippen LogP contribution < -0.4 is 5.46 Å². The molecule has 0 amide bonds. The van der Waals surface area contributed by atoms with E-state index >= 15 is 13.2 Å². The third-order valence-electron chi connectivity index (χ3n) is 17.0. The smallest absolute Gasteiger partial charge is 0.399 e. The molecule has 9 nitrogen and oxygen atoms in total. The summed E-state index contributed by atoms with van der Waals surface area (Å²) in [5.74, 6) is -0.882. The number of hydrogen-bond acceptors (Lipinski definition) is 7. The molecule has 10 aromatic rings. The molecule has 1 fully saturated rings. The lowest BCUT2D eigenvalue weighted by Gasteiger charge is -2.32. The van der Waals surface area contributed by atoms with E-state index in [1.54, 1.807) is 33.6 Å². The van der Waals surface area contributed by atoms with Crippen LogP contribution in [0.2, 0.25) is 0 Å². The summed E-state index contributed by atoms with van der Waals surface area (Å²) in [6.07, 6.45) is 10.2. The summed E-state index contributed by atoms with van der Waals surface area (Å²) in [7, 11) is 3.05. The van der Waals surface area contributed by atoms with E-state index in [4.69, 9.17) is 23.5 Å². The minimum absolute atomic E-state index is 0.281. The van der Waals surface area contributed by atoms with Crippen molar-refractivity contribution in [2.24, 2.45) is 14.1 Å². The van der Waals surface area contributed by atoms with Crippen molar-refractivity contribution >= 4 is 66.2 Å². The van der Waals surface area contributed by atoms with Gasteiger partial charge in [0.15, 0.2) is 0 Å². The maximum absolute atomic E-state index is 15.3. The highest BCUT2D eigenvalue weighted by Gasteiger charge is 2.52. The molecule has 0 atom stereocenters. The summed E-state index contributed by atoms with van der Waals surface area (Å²) in [5.41, 5.74) is 12.4. The Morgan fingerprint density at radius 1 is 0.429 bits per heavy atom. The molecule has 15 heteroatoms. The predicted octanol–water partition coefficient (Wildman–Crippen LogP) is 20.5. The molecule has 476 valence electrons. The average Bonchev–Trinajstić information content (AvgIpc) is 1.68. The predicted molar refractivity (Wildman–Crippen MR) is 374 cm³/mol. The summed E-state index contributed by atoms with van der Waals surface area (Å²) in [6.45, 7) is 18.2. The second-order valence-corrected chi connectivity index (χ2v) is 26.1. The highest BCUT2D eigenvalue weighted by atomic mass is 79.9. The van der Waals surface area contributed by atoms with Crippen molar-refractivity contribution in [2.45, 2.75) is 137 Å². The first-order valence-electron chi connectivity index (χ1n) is 31.9. The van der Waals surface area contributed by atoms with E-state index in [-0.39, 0.29) is 17.5 Å². The van der Waals surface area contributed by atoms with Crippen molar-refractivity contribution in [3.8, 4) is 55.9 Å². The lowest BCUT2D eigenvalue weighted by atomic mass is 9.78. The largest absolute Gasteiger partial charge is 0.497 e. The van der Waals surface area contributed by atoms with E-state index in [2.05, 4.69) is 62.8 Å². The zero-order valence-electron chi connectivity index (χ0n) is 54.0. The van der Waals surface area contributed by atoms with Crippen molar-refractivity contribution in [2.75, 3.05) is 19.8 Å². The first-order valence-corrected chi connectivity index (χ1v) is 33.5. The standard InChI is InChI=1S/2C26H26BrFN2O.C24H32BFO3/c2*1-3-4-7-14-31-17-19-8-5-6-9-21(19)18-10-12-22(24(28)15-18)26-23-16-20(27)11-13-25(23)30(2)29-26;1-6-7-10-15-27-17-19-11-8-9-12-20(19)18-13-14-21(22(26)16-18)25-28-23(2,3)24(4,5)29-25/h2*5-6,8-13,15-16H,3-4,7,14,17H2,1-2H3;8-9,11-14,16H,6-7,10,15,17H2,1-5H3. The van der Waals surface area contributed by atoms with E-state index in [0.29, 0.717) is 47.8 Å². The van der Waals surface area contributed by atoms with Gasteiger partial charge in [-0.2, -0.15) is 10.2 Å². The molecule has 8 aromatic carbocycles. The molecule has 1 aliphatic rings. The molecule has 0 saturated carbocycles. The first-order chi connectivity index (χ1) is 43.9. The highest BCUT2D eigenvalue weighted by molar-refractivity contribution is 9.10. The lowest BCUT2D eigenvalue weighted by Crippen LogP contribution is -2.41. The topological polar surface area (TPSA) is 81.8 Å². The third kappa shape index (κ3) is 17.1. The molecular weight excluding hydrogens is 1280 g/mol. The Morgan fingerprint density at radius 2 is 0.780 bits per heavy atom. The molecule has 3 heterocycles. The van der Waals surface area contributed by atoms with Gasteiger partial charge in [-0.15, -0.1) is 0 Å². The fourth-order valence-electron chi connectivity index (χ4n) is 11.2. The normalized spacial score (nSPS) is 13.4. The molecule has 0 spiro atoms. The number of fused-ring (bicyclic) bond motifs is 2. The minimum Gasteiger partial charge on any atom is -0.399 e. The van der Waals surface area contributed by atoms with Crippen LogP contribution in [0, 0.1) is 17.5 Å². The van der Waals surface area contributed by atoms with Crippen molar-refractivity contribution in [3.63, 3.8) is 0 Å². The molecule has 0 N–H and O–H groups in total. The monoisotopic (exact) mass is 1360 g/mol. The quantitative estimate of drug-likeness (QED) is 0.0440. The summed E-state index contributed by atoms with van der Waals surface area (Å²) >= 11 is 7.02. The number of unbranched alkanes of at least 4 members (excludes halogenated alkanes) is 6. The van der Waals surface area contributed by atoms with E-state index in [1.807, 2.05) is 181 Å². The molecule has 2 aromatic heterocycles. The minimum atomic E-state index is -0.703. The van der Waals surface area contributed by atoms with Gasteiger partial charge < -0.3 is 23.5 Å². The SMILES string of the molecule is CCCCCOCc1ccccc1-c1ccc(-c2nn(C)c3ccc(Br)cc23)c(F)c1.CCCCCOCc1ccccc1-c1ccc(-c2nn(C)c3ccc(Br)cc23)c(F)c1.CCCCCOCc1ccccc1-c1ccc(B2OC(C)(C)C(C)(C)O2)c(F)c1. The van der Waals surface area contributed by atoms with Crippen LogP contribution in [-0.4, -0.2) is 57.7 Å². The zero-order chi connectivity index (χ0) is 64.7. The van der Waals surface area contributed by atoms with Crippen molar-refractivity contribution in [1.29, 1.82) is 0 Å². The molecule has 91 heavy (non-hydrogen) atoms. The number of benzene rings is 8. The number of aromatic nitrogens is 4. The van der Waals surface area contributed by atoms with E-state index in [1.165, 1.54) is 38.5 Å². The van der Waals surface area contributed by atoms with Crippen LogP contribution in [0.5, 0.6) is 0 Å². The summed E-state index contributed by atoms with van der Waals surface area (Å²) in [4.78, 5) is 0. The zero-order valence-corrected chi connectivity index (χ0v) is 57.2. The van der Waals surface area contributed by atoms with Gasteiger partial charge in [-0.05, 0) is 164 Å². The van der Waals surface area contributed by atoms with Crippen LogP contribution in [0.1, 0.15) is 123 Å². The maximum atomic E-state index is 15.3. The molecular formula is C76H84BBr2F3N4O5. The maximum Gasteiger partial charge on any atom is 0.497 e. The molecule has 0 unspecified atom stereocenters. The summed E-state index contributed by atoms with van der Waals surface area (Å²) in [6, 6.07) is 52.0. The number of aryl methyl sites for hydroxylation is 2. The van der Waals surface area contributed by atoms with Gasteiger partial charge in [-0.3, -0.25) is 9.36 Å². The molecule has 0 bridgehead atoms. The van der Waals surface area contributed by atoms with Crippen LogP contribution in [0.15, 0.2) is 173 Å². The van der Waals surface area contributed by atoms with E-state index < -0.39 is 18.3 Å². The fourth-order valence-corrected chi connectivity index (χ4v) is 11.9. The molecule has 11 rings (SSSR count). The number of halogens is 5. The van der Waals surface area contributed by atoms with Gasteiger partial charge in [0.1, 0.15) is 28.8 Å². The van der Waals surface area contributed by atoms with Gasteiger partial charge in [0, 0.05) is 70.2 Å². The van der Waals surface area contributed by atoms with Gasteiger partial charge in [-0.25, -0.2) is 13.2 Å². The van der Waals surface area contributed by atoms with E-state index in [0.717, 1.165) is 120 Å². The van der Waals surface area contributed by atoms with Crippen LogP contribution in [0.3, 0.4) is 0 Å². The van der Waals surface area contributed by atoms with Crippen molar-refractivity contribution in [1.82, 2.24) is 19.6 Å².